The molecule has 3 heteroatoms. The normalized spacial score (nSPS) is 36.8. The van der Waals surface area contributed by atoms with E-state index in [4.69, 9.17) is 5.73 Å². The second-order valence-corrected chi connectivity index (χ2v) is 5.31. The molecule has 3 nitrogen and oxygen atoms in total. The maximum Gasteiger partial charge on any atom is 0.191 e. The second kappa shape index (κ2) is 3.69. The highest BCUT2D eigenvalue weighted by Crippen LogP contribution is 2.36. The summed E-state index contributed by atoms with van der Waals surface area (Å²) in [7, 11) is 0. The Morgan fingerprint density at radius 1 is 1.07 bits per heavy atom. The van der Waals surface area contributed by atoms with Crippen molar-refractivity contribution in [2.24, 2.45) is 16.6 Å². The number of nitrogens with zero attached hydrogens (tertiary/aromatic N) is 2. The third-order valence-corrected chi connectivity index (χ3v) is 4.15. The fraction of sp³-hybridized carbons (Fsp3) is 0.917. The van der Waals surface area contributed by atoms with E-state index in [0.29, 0.717) is 6.04 Å². The van der Waals surface area contributed by atoms with E-state index in [-0.39, 0.29) is 0 Å². The Bertz CT molecular complexity index is 270. The van der Waals surface area contributed by atoms with Gasteiger partial charge in [0.1, 0.15) is 0 Å². The standard InChI is InChI=1S/C12H21N3/c13-12(14-10-6-7-10)15-8-2-4-9-3-1-5-11(9)15/h9-11H,1-8H2,(H2,13,14). The molecule has 2 unspecified atom stereocenters. The molecule has 1 saturated heterocycles. The Labute approximate surface area is 91.7 Å². The molecule has 0 spiro atoms. The van der Waals surface area contributed by atoms with Crippen LogP contribution in [0.4, 0.5) is 0 Å². The quantitative estimate of drug-likeness (QED) is 0.525. The first kappa shape index (κ1) is 9.49. The monoisotopic (exact) mass is 207 g/mol. The van der Waals surface area contributed by atoms with Gasteiger partial charge in [0.2, 0.25) is 0 Å². The van der Waals surface area contributed by atoms with Gasteiger partial charge in [-0.2, -0.15) is 0 Å². The van der Waals surface area contributed by atoms with Crippen molar-refractivity contribution in [2.45, 2.75) is 57.0 Å². The predicted molar refractivity (Wildman–Crippen MR) is 61.7 cm³/mol. The summed E-state index contributed by atoms with van der Waals surface area (Å²) in [5, 5.41) is 0. The first-order valence-corrected chi connectivity index (χ1v) is 6.44. The topological polar surface area (TPSA) is 41.6 Å². The van der Waals surface area contributed by atoms with Crippen molar-refractivity contribution in [1.29, 1.82) is 0 Å². The zero-order valence-corrected chi connectivity index (χ0v) is 9.36. The molecule has 2 atom stereocenters. The predicted octanol–water partition coefficient (Wildman–Crippen LogP) is 1.73. The summed E-state index contributed by atoms with van der Waals surface area (Å²) in [6.45, 7) is 1.14. The van der Waals surface area contributed by atoms with E-state index in [2.05, 4.69) is 9.89 Å². The second-order valence-electron chi connectivity index (χ2n) is 5.31. The summed E-state index contributed by atoms with van der Waals surface area (Å²) in [4.78, 5) is 7.00. The Balaban J connectivity index is 1.72. The van der Waals surface area contributed by atoms with Gasteiger partial charge < -0.3 is 10.6 Å². The first-order chi connectivity index (χ1) is 7.34. The lowest BCUT2D eigenvalue weighted by molar-refractivity contribution is 0.189. The summed E-state index contributed by atoms with van der Waals surface area (Å²) < 4.78 is 0. The van der Waals surface area contributed by atoms with E-state index in [1.165, 1.54) is 44.9 Å². The summed E-state index contributed by atoms with van der Waals surface area (Å²) in [6, 6.07) is 1.29. The molecule has 3 rings (SSSR count). The summed E-state index contributed by atoms with van der Waals surface area (Å²) >= 11 is 0. The number of fused-ring (bicyclic) bond motifs is 1. The fourth-order valence-corrected chi connectivity index (χ4v) is 3.20. The van der Waals surface area contributed by atoms with Gasteiger partial charge in [-0.05, 0) is 44.4 Å². The fourth-order valence-electron chi connectivity index (χ4n) is 3.20. The zero-order chi connectivity index (χ0) is 10.3. The molecule has 0 amide bonds. The number of hydrogen-bond acceptors (Lipinski definition) is 1. The molecule has 1 aliphatic heterocycles. The number of guanidine groups is 1. The molecule has 3 fully saturated rings. The minimum Gasteiger partial charge on any atom is -0.370 e. The van der Waals surface area contributed by atoms with E-state index in [9.17, 15) is 0 Å². The van der Waals surface area contributed by atoms with Gasteiger partial charge in [-0.25, -0.2) is 4.99 Å². The number of piperidine rings is 1. The average molecular weight is 207 g/mol. The first-order valence-electron chi connectivity index (χ1n) is 6.44. The largest absolute Gasteiger partial charge is 0.370 e. The van der Waals surface area contributed by atoms with Crippen molar-refractivity contribution in [3.63, 3.8) is 0 Å². The molecular weight excluding hydrogens is 186 g/mol. The molecule has 0 radical (unpaired) electrons. The van der Waals surface area contributed by atoms with Crippen LogP contribution in [0.5, 0.6) is 0 Å². The highest BCUT2D eigenvalue weighted by Gasteiger charge is 2.36. The third-order valence-electron chi connectivity index (χ3n) is 4.15. The molecule has 2 N–H and O–H groups in total. The van der Waals surface area contributed by atoms with Crippen molar-refractivity contribution in [2.75, 3.05) is 6.54 Å². The number of aliphatic imine (C=N–C) groups is 1. The minimum atomic E-state index is 0.562. The van der Waals surface area contributed by atoms with E-state index in [1.54, 1.807) is 0 Å². The molecule has 2 saturated carbocycles. The van der Waals surface area contributed by atoms with Crippen molar-refractivity contribution in [3.8, 4) is 0 Å². The van der Waals surface area contributed by atoms with Crippen LogP contribution >= 0.6 is 0 Å². The molecule has 3 aliphatic rings. The Hall–Kier alpha value is -0.730. The maximum absolute atomic E-state index is 6.12. The van der Waals surface area contributed by atoms with E-state index < -0.39 is 0 Å². The van der Waals surface area contributed by atoms with Crippen molar-refractivity contribution >= 4 is 5.96 Å². The lowest BCUT2D eigenvalue weighted by Gasteiger charge is -2.38. The van der Waals surface area contributed by atoms with E-state index >= 15 is 0 Å². The van der Waals surface area contributed by atoms with Crippen LogP contribution in [-0.4, -0.2) is 29.5 Å². The minimum absolute atomic E-state index is 0.562. The van der Waals surface area contributed by atoms with Crippen LogP contribution in [0.25, 0.3) is 0 Å². The number of rotatable bonds is 1. The molecule has 84 valence electrons. The molecule has 1 heterocycles. The van der Waals surface area contributed by atoms with E-state index in [1.807, 2.05) is 0 Å². The van der Waals surface area contributed by atoms with Crippen LogP contribution in [-0.2, 0) is 0 Å². The third kappa shape index (κ3) is 1.84. The Kier molecular flexibility index (Phi) is 2.33. The smallest absolute Gasteiger partial charge is 0.191 e. The molecule has 2 aliphatic carbocycles. The lowest BCUT2D eigenvalue weighted by Crippen LogP contribution is -2.49. The van der Waals surface area contributed by atoms with Crippen molar-refractivity contribution < 1.29 is 0 Å². The highest BCUT2D eigenvalue weighted by atomic mass is 15.3. The van der Waals surface area contributed by atoms with Gasteiger partial charge in [-0.3, -0.25) is 0 Å². The Morgan fingerprint density at radius 3 is 2.67 bits per heavy atom. The van der Waals surface area contributed by atoms with E-state index in [0.717, 1.165) is 24.5 Å². The Morgan fingerprint density at radius 2 is 1.87 bits per heavy atom. The zero-order valence-electron chi connectivity index (χ0n) is 9.36. The van der Waals surface area contributed by atoms with Crippen LogP contribution in [0.3, 0.4) is 0 Å². The van der Waals surface area contributed by atoms with Gasteiger partial charge in [-0.15, -0.1) is 0 Å². The molecular formula is C12H21N3. The molecule has 0 aromatic carbocycles. The SMILES string of the molecule is NC(=NC1CC1)N1CCCC2CCCC21. The maximum atomic E-state index is 6.12. The van der Waals surface area contributed by atoms with Crippen LogP contribution in [0, 0.1) is 5.92 Å². The van der Waals surface area contributed by atoms with Gasteiger partial charge >= 0.3 is 0 Å². The van der Waals surface area contributed by atoms with Gasteiger partial charge in [0.25, 0.3) is 0 Å². The van der Waals surface area contributed by atoms with Crippen LogP contribution in [0.1, 0.15) is 44.9 Å². The van der Waals surface area contributed by atoms with Crippen LogP contribution in [0.15, 0.2) is 4.99 Å². The number of likely N-dealkylation sites (tertiary alicyclic amines) is 1. The molecule has 0 aromatic heterocycles. The van der Waals surface area contributed by atoms with Gasteiger partial charge in [0.15, 0.2) is 5.96 Å². The summed E-state index contributed by atoms with van der Waals surface area (Å²) in [5.41, 5.74) is 6.12. The van der Waals surface area contributed by atoms with Gasteiger partial charge in [0.05, 0.1) is 6.04 Å². The van der Waals surface area contributed by atoms with Gasteiger partial charge in [-0.1, -0.05) is 6.42 Å². The summed E-state index contributed by atoms with van der Waals surface area (Å²) in [6.07, 6.45) is 9.37. The van der Waals surface area contributed by atoms with Crippen molar-refractivity contribution in [1.82, 2.24) is 4.90 Å². The average Bonchev–Trinajstić information content (AvgIpc) is 2.93. The van der Waals surface area contributed by atoms with Crippen LogP contribution < -0.4 is 5.73 Å². The van der Waals surface area contributed by atoms with Crippen molar-refractivity contribution in [3.05, 3.63) is 0 Å². The summed E-state index contributed by atoms with van der Waals surface area (Å²) in [5.74, 6) is 1.75. The highest BCUT2D eigenvalue weighted by molar-refractivity contribution is 5.79. The number of nitrogens with two attached hydrogens (primary N) is 1. The molecule has 0 bridgehead atoms. The lowest BCUT2D eigenvalue weighted by atomic mass is 9.92. The molecule has 15 heavy (non-hydrogen) atoms. The van der Waals surface area contributed by atoms with Gasteiger partial charge in [0, 0.05) is 12.6 Å². The number of hydrogen-bond donors (Lipinski definition) is 1. The molecule has 0 aromatic rings. The van der Waals surface area contributed by atoms with Crippen LogP contribution in [0.2, 0.25) is 0 Å².